The molecule has 0 radical (unpaired) electrons. The van der Waals surface area contributed by atoms with Gasteiger partial charge in [0.15, 0.2) is 0 Å². The SMILES string of the molecule is C[C@H](N[S@@](=O)C(C)(C)C)c1cnn(C)c1. The fourth-order valence-corrected chi connectivity index (χ4v) is 1.88. The second kappa shape index (κ2) is 4.45. The quantitative estimate of drug-likeness (QED) is 0.854. The van der Waals surface area contributed by atoms with E-state index in [2.05, 4.69) is 9.82 Å². The van der Waals surface area contributed by atoms with Crippen LogP contribution in [-0.2, 0) is 18.0 Å². The molecule has 1 rings (SSSR count). The van der Waals surface area contributed by atoms with Crippen LogP contribution in [-0.4, -0.2) is 18.7 Å². The van der Waals surface area contributed by atoms with Gasteiger partial charge < -0.3 is 0 Å². The minimum Gasteiger partial charge on any atom is -0.275 e. The highest BCUT2D eigenvalue weighted by atomic mass is 32.2. The van der Waals surface area contributed by atoms with E-state index in [0.717, 1.165) is 5.56 Å². The van der Waals surface area contributed by atoms with Crippen LogP contribution >= 0.6 is 0 Å². The molecular weight excluding hydrogens is 210 g/mol. The predicted molar refractivity (Wildman–Crippen MR) is 62.7 cm³/mol. The Morgan fingerprint density at radius 1 is 1.53 bits per heavy atom. The summed E-state index contributed by atoms with van der Waals surface area (Å²) in [5.41, 5.74) is 1.05. The zero-order valence-corrected chi connectivity index (χ0v) is 10.8. The Morgan fingerprint density at radius 3 is 2.53 bits per heavy atom. The number of nitrogens with one attached hydrogen (secondary N) is 1. The van der Waals surface area contributed by atoms with Crippen molar-refractivity contribution in [2.24, 2.45) is 7.05 Å². The van der Waals surface area contributed by atoms with Gasteiger partial charge in [0.05, 0.1) is 21.9 Å². The van der Waals surface area contributed by atoms with Crippen molar-refractivity contribution in [2.75, 3.05) is 0 Å². The fourth-order valence-electron chi connectivity index (χ4n) is 1.07. The van der Waals surface area contributed by atoms with Gasteiger partial charge in [0.2, 0.25) is 0 Å². The highest BCUT2D eigenvalue weighted by molar-refractivity contribution is 7.84. The van der Waals surface area contributed by atoms with E-state index < -0.39 is 11.0 Å². The van der Waals surface area contributed by atoms with Gasteiger partial charge in [0.1, 0.15) is 0 Å². The van der Waals surface area contributed by atoms with Crippen molar-refractivity contribution in [2.45, 2.75) is 38.5 Å². The first-order valence-corrected chi connectivity index (χ1v) is 6.12. The van der Waals surface area contributed by atoms with Gasteiger partial charge >= 0.3 is 0 Å². The second-order valence-corrected chi connectivity index (χ2v) is 6.67. The van der Waals surface area contributed by atoms with Crippen molar-refractivity contribution in [3.63, 3.8) is 0 Å². The van der Waals surface area contributed by atoms with Crippen LogP contribution in [0.5, 0.6) is 0 Å². The molecule has 15 heavy (non-hydrogen) atoms. The van der Waals surface area contributed by atoms with Crippen molar-refractivity contribution in [3.05, 3.63) is 18.0 Å². The minimum absolute atomic E-state index is 0.0544. The van der Waals surface area contributed by atoms with Crippen molar-refractivity contribution in [1.29, 1.82) is 0 Å². The van der Waals surface area contributed by atoms with E-state index in [-0.39, 0.29) is 10.8 Å². The lowest BCUT2D eigenvalue weighted by atomic mass is 10.2. The van der Waals surface area contributed by atoms with Gasteiger partial charge in [-0.3, -0.25) is 4.68 Å². The Balaban J connectivity index is 2.64. The zero-order valence-electron chi connectivity index (χ0n) is 9.94. The molecule has 5 heteroatoms. The highest BCUT2D eigenvalue weighted by Crippen LogP contribution is 2.15. The molecule has 1 aromatic heterocycles. The lowest BCUT2D eigenvalue weighted by Crippen LogP contribution is -2.34. The molecule has 0 aliphatic heterocycles. The number of nitrogens with zero attached hydrogens (tertiary/aromatic N) is 2. The summed E-state index contributed by atoms with van der Waals surface area (Å²) in [7, 11) is 0.826. The molecule has 0 spiro atoms. The molecule has 0 fully saturated rings. The molecule has 1 aromatic rings. The number of hydrogen-bond acceptors (Lipinski definition) is 2. The normalized spacial score (nSPS) is 16.3. The van der Waals surface area contributed by atoms with E-state index in [1.165, 1.54) is 0 Å². The Kier molecular flexibility index (Phi) is 3.67. The summed E-state index contributed by atoms with van der Waals surface area (Å²) in [5, 5.41) is 4.08. The monoisotopic (exact) mass is 229 g/mol. The van der Waals surface area contributed by atoms with E-state index in [1.807, 2.05) is 40.9 Å². The molecule has 0 amide bonds. The molecule has 0 saturated heterocycles. The van der Waals surface area contributed by atoms with Crippen LogP contribution < -0.4 is 4.72 Å². The topological polar surface area (TPSA) is 46.9 Å². The van der Waals surface area contributed by atoms with Crippen molar-refractivity contribution >= 4 is 11.0 Å². The molecule has 0 aromatic carbocycles. The molecule has 1 N–H and O–H groups in total. The maximum Gasteiger partial charge on any atom is 0.0975 e. The molecule has 0 bridgehead atoms. The van der Waals surface area contributed by atoms with Crippen LogP contribution in [0.2, 0.25) is 0 Å². The predicted octanol–water partition coefficient (Wildman–Crippen LogP) is 1.53. The number of hydrogen-bond donors (Lipinski definition) is 1. The van der Waals surface area contributed by atoms with Crippen molar-refractivity contribution < 1.29 is 4.21 Å². The van der Waals surface area contributed by atoms with E-state index in [9.17, 15) is 4.21 Å². The van der Waals surface area contributed by atoms with E-state index >= 15 is 0 Å². The molecule has 1 heterocycles. The highest BCUT2D eigenvalue weighted by Gasteiger charge is 2.21. The van der Waals surface area contributed by atoms with Crippen molar-refractivity contribution in [1.82, 2.24) is 14.5 Å². The average Bonchev–Trinajstić information content (AvgIpc) is 2.50. The molecule has 4 nitrogen and oxygen atoms in total. The molecule has 0 aliphatic carbocycles. The van der Waals surface area contributed by atoms with Gasteiger partial charge in [0, 0.05) is 24.8 Å². The Bertz CT molecular complexity index is 354. The summed E-state index contributed by atoms with van der Waals surface area (Å²) in [6.45, 7) is 7.84. The zero-order chi connectivity index (χ0) is 11.6. The molecule has 2 atom stereocenters. The third-order valence-electron chi connectivity index (χ3n) is 2.06. The molecule has 0 unspecified atom stereocenters. The molecule has 0 aliphatic rings. The van der Waals surface area contributed by atoms with Crippen LogP contribution in [0.15, 0.2) is 12.4 Å². The standard InChI is InChI=1S/C10H19N3OS/c1-8(9-6-11-13(5)7-9)12-15(14)10(2,3)4/h6-8,12H,1-5H3/t8-,15-/m0/s1. The largest absolute Gasteiger partial charge is 0.275 e. The summed E-state index contributed by atoms with van der Waals surface area (Å²) in [6, 6.07) is 0.0544. The summed E-state index contributed by atoms with van der Waals surface area (Å²) in [4.78, 5) is 0. The van der Waals surface area contributed by atoms with Gasteiger partial charge in [-0.05, 0) is 27.7 Å². The summed E-state index contributed by atoms with van der Waals surface area (Å²) < 4.78 is 16.4. The average molecular weight is 229 g/mol. The first-order chi connectivity index (χ1) is 6.80. The number of aromatic nitrogens is 2. The van der Waals surface area contributed by atoms with E-state index in [4.69, 9.17) is 0 Å². The third-order valence-corrected chi connectivity index (χ3v) is 3.74. The Hall–Kier alpha value is -0.680. The summed E-state index contributed by atoms with van der Waals surface area (Å²) >= 11 is 0. The Morgan fingerprint density at radius 2 is 2.13 bits per heavy atom. The fraction of sp³-hybridized carbons (Fsp3) is 0.700. The number of aryl methyl sites for hydroxylation is 1. The summed E-state index contributed by atoms with van der Waals surface area (Å²) in [5.74, 6) is 0. The minimum atomic E-state index is -1.05. The van der Waals surface area contributed by atoms with Gasteiger partial charge in [-0.1, -0.05) is 0 Å². The van der Waals surface area contributed by atoms with E-state index in [0.29, 0.717) is 0 Å². The van der Waals surface area contributed by atoms with Crippen molar-refractivity contribution in [3.8, 4) is 0 Å². The van der Waals surface area contributed by atoms with Crippen LogP contribution in [0.3, 0.4) is 0 Å². The first kappa shape index (κ1) is 12.4. The van der Waals surface area contributed by atoms with Crippen LogP contribution in [0.1, 0.15) is 39.3 Å². The van der Waals surface area contributed by atoms with Gasteiger partial charge in [0.25, 0.3) is 0 Å². The molecular formula is C10H19N3OS. The first-order valence-electron chi connectivity index (χ1n) is 4.97. The van der Waals surface area contributed by atoms with Crippen LogP contribution in [0, 0.1) is 0 Å². The lowest BCUT2D eigenvalue weighted by molar-refractivity contribution is 0.616. The third kappa shape index (κ3) is 3.43. The summed E-state index contributed by atoms with van der Waals surface area (Å²) in [6.07, 6.45) is 3.72. The maximum atomic E-state index is 11.8. The van der Waals surface area contributed by atoms with Gasteiger partial charge in [-0.15, -0.1) is 0 Å². The maximum absolute atomic E-state index is 11.8. The lowest BCUT2D eigenvalue weighted by Gasteiger charge is -2.21. The van der Waals surface area contributed by atoms with Crippen LogP contribution in [0.4, 0.5) is 0 Å². The Labute approximate surface area is 93.7 Å². The number of rotatable bonds is 3. The van der Waals surface area contributed by atoms with Crippen LogP contribution in [0.25, 0.3) is 0 Å². The van der Waals surface area contributed by atoms with Gasteiger partial charge in [-0.25, -0.2) is 8.93 Å². The van der Waals surface area contributed by atoms with Gasteiger partial charge in [-0.2, -0.15) is 5.10 Å². The smallest absolute Gasteiger partial charge is 0.0975 e. The molecule has 0 saturated carbocycles. The molecule has 86 valence electrons. The van der Waals surface area contributed by atoms with E-state index in [1.54, 1.807) is 10.9 Å². The second-order valence-electron chi connectivity index (χ2n) is 4.67.